The Balaban J connectivity index is 0. The van der Waals surface area contributed by atoms with Crippen LogP contribution >= 0.6 is 12.4 Å². The van der Waals surface area contributed by atoms with Gasteiger partial charge in [-0.25, -0.2) is 0 Å². The van der Waals surface area contributed by atoms with Gasteiger partial charge in [-0.05, 0) is 0 Å². The molecule has 8 heteroatoms. The number of rotatable bonds is 9. The van der Waals surface area contributed by atoms with Crippen molar-refractivity contribution in [2.45, 2.75) is 130 Å². The minimum Gasteiger partial charge on any atom is -0.147 e. The summed E-state index contributed by atoms with van der Waals surface area (Å²) in [5.74, 6) is 0. The predicted molar refractivity (Wildman–Crippen MR) is 164 cm³/mol. The van der Waals surface area contributed by atoms with E-state index in [0.29, 0.717) is 0 Å². The topological polar surface area (TPSA) is 0 Å². The molecule has 0 bridgehead atoms. The van der Waals surface area contributed by atoms with E-state index in [4.69, 9.17) is 0 Å². The standard InChI is InChI=1S/C21H57AsSi6.ClH/c1-23(2,3)19(24(4,5)6)22(20(25(7,8)9)26(10,11)12)21(27(13,14)15)28(16,17)18;/h19-21H,1-18H3;1H. The molecule has 0 radical (unpaired) electrons. The van der Waals surface area contributed by atoms with Gasteiger partial charge >= 0.3 is 193 Å². The minimum absolute atomic E-state index is 0. The summed E-state index contributed by atoms with van der Waals surface area (Å²) >= 11 is -1.06. The summed E-state index contributed by atoms with van der Waals surface area (Å²) in [4.78, 5) is 0. The maximum Gasteiger partial charge on any atom is -0.147 e. The van der Waals surface area contributed by atoms with Gasteiger partial charge in [-0.2, -0.15) is 0 Å². The quantitative estimate of drug-likeness (QED) is 0.235. The molecule has 0 aliphatic rings. The van der Waals surface area contributed by atoms with Gasteiger partial charge in [0.15, 0.2) is 0 Å². The van der Waals surface area contributed by atoms with Crippen molar-refractivity contribution < 1.29 is 0 Å². The van der Waals surface area contributed by atoms with Gasteiger partial charge in [0.1, 0.15) is 0 Å². The SMILES string of the molecule is C[Si](C)(C)C([As](C([Si](C)(C)C)[Si](C)(C)C)C([Si](C)(C)C)[Si](C)(C)C)[Si](C)(C)C.Cl. The maximum atomic E-state index is 2.76. The fraction of sp³-hybridized carbons (Fsp3) is 1.00. The monoisotopic (exact) mass is 588 g/mol. The van der Waals surface area contributed by atoms with E-state index >= 15 is 0 Å². The van der Waals surface area contributed by atoms with Gasteiger partial charge in [-0.15, -0.1) is 12.4 Å². The van der Waals surface area contributed by atoms with Gasteiger partial charge in [0, 0.05) is 0 Å². The molecule has 0 unspecified atom stereocenters. The summed E-state index contributed by atoms with van der Waals surface area (Å²) in [5.41, 5.74) is 0. The number of hydrogen-bond acceptors (Lipinski definition) is 0. The summed E-state index contributed by atoms with van der Waals surface area (Å²) in [5, 5.41) is 0. The van der Waals surface area contributed by atoms with Gasteiger partial charge in [0.2, 0.25) is 0 Å². The van der Waals surface area contributed by atoms with E-state index in [0.717, 1.165) is 0 Å². The molecule has 0 saturated carbocycles. The zero-order valence-electron chi connectivity index (χ0n) is 23.6. The van der Waals surface area contributed by atoms with Crippen molar-refractivity contribution in [2.75, 3.05) is 0 Å². The minimum atomic E-state index is -1.21. The van der Waals surface area contributed by atoms with Gasteiger partial charge < -0.3 is 0 Å². The van der Waals surface area contributed by atoms with Crippen molar-refractivity contribution in [1.29, 1.82) is 0 Å². The molecular formula is C21H58AsClSi6. The molecule has 0 aliphatic carbocycles. The Morgan fingerprint density at radius 3 is 0.483 bits per heavy atom. The number of halogens is 1. The average Bonchev–Trinajstić information content (AvgIpc) is 2.13. The fourth-order valence-corrected chi connectivity index (χ4v) is 97.8. The number of hydrogen-bond donors (Lipinski definition) is 0. The second-order valence-electron chi connectivity index (χ2n) is 15.9. The van der Waals surface area contributed by atoms with Crippen LogP contribution in [0, 0.1) is 0 Å². The zero-order valence-corrected chi connectivity index (χ0v) is 32.3. The Hall–Kier alpha value is 2.15. The van der Waals surface area contributed by atoms with Crippen molar-refractivity contribution in [3.63, 3.8) is 0 Å². The Labute approximate surface area is 203 Å². The largest absolute Gasteiger partial charge is 0.147 e. The summed E-state index contributed by atoms with van der Waals surface area (Å²) in [6, 6.07) is 0. The molecule has 0 fully saturated rings. The van der Waals surface area contributed by atoms with Crippen LogP contribution in [0.1, 0.15) is 0 Å². The molecule has 0 amide bonds. The Bertz CT molecular complexity index is 394. The van der Waals surface area contributed by atoms with Crippen molar-refractivity contribution in [2.24, 2.45) is 0 Å². The molecule has 0 aromatic carbocycles. The molecule has 0 heterocycles. The first-order chi connectivity index (χ1) is 11.7. The molecule has 0 N–H and O–H groups in total. The van der Waals surface area contributed by atoms with Crippen LogP contribution in [0.2, 0.25) is 130 Å². The fourth-order valence-electron chi connectivity index (χ4n) is 7.03. The van der Waals surface area contributed by atoms with Crippen LogP contribution in [-0.4, -0.2) is 63.1 Å². The molecular weight excluding hydrogens is 531 g/mol. The molecule has 29 heavy (non-hydrogen) atoms. The van der Waals surface area contributed by atoms with E-state index in [2.05, 4.69) is 118 Å². The van der Waals surface area contributed by atoms with E-state index in [9.17, 15) is 0 Å². The van der Waals surface area contributed by atoms with E-state index in [1.165, 1.54) is 11.9 Å². The summed E-state index contributed by atoms with van der Waals surface area (Å²) in [6.07, 6.45) is 0. The first kappa shape index (κ1) is 33.3. The van der Waals surface area contributed by atoms with Gasteiger partial charge in [0.25, 0.3) is 0 Å². The second-order valence-corrected chi connectivity index (χ2v) is 60.9. The summed E-state index contributed by atoms with van der Waals surface area (Å²) in [7, 11) is -7.26. The molecule has 0 aromatic heterocycles. The maximum absolute atomic E-state index is 2.76. The third kappa shape index (κ3) is 9.50. The van der Waals surface area contributed by atoms with Crippen LogP contribution < -0.4 is 0 Å². The van der Waals surface area contributed by atoms with Gasteiger partial charge in [-0.3, -0.25) is 0 Å². The van der Waals surface area contributed by atoms with E-state index in [1.807, 2.05) is 0 Å². The molecule has 0 spiro atoms. The van der Waals surface area contributed by atoms with Gasteiger partial charge in [0.05, 0.1) is 0 Å². The third-order valence-corrected chi connectivity index (χ3v) is 73.5. The van der Waals surface area contributed by atoms with Crippen LogP contribution in [0.4, 0.5) is 0 Å². The average molecular weight is 590 g/mol. The molecule has 0 atom stereocenters. The molecule has 0 saturated heterocycles. The van der Waals surface area contributed by atoms with E-state index in [-0.39, 0.29) is 12.4 Å². The molecule has 0 rings (SSSR count). The molecule has 0 aliphatic heterocycles. The summed E-state index contributed by atoms with van der Waals surface area (Å²) in [6.45, 7) is 49.7. The van der Waals surface area contributed by atoms with Crippen molar-refractivity contribution >= 4 is 75.5 Å². The first-order valence-electron chi connectivity index (χ1n) is 11.5. The van der Waals surface area contributed by atoms with Crippen molar-refractivity contribution in [3.05, 3.63) is 0 Å². The van der Waals surface area contributed by atoms with Crippen molar-refractivity contribution in [3.8, 4) is 0 Å². The van der Waals surface area contributed by atoms with Gasteiger partial charge in [-0.1, -0.05) is 0 Å². The Morgan fingerprint density at radius 1 is 0.310 bits per heavy atom. The molecule has 178 valence electrons. The van der Waals surface area contributed by atoms with E-state index < -0.39 is 63.1 Å². The first-order valence-corrected chi connectivity index (χ1v) is 36.2. The smallest absolute Gasteiger partial charge is 0.147 e. The second kappa shape index (κ2) is 10.2. The molecule has 0 nitrogen and oxygen atoms in total. The normalized spacial score (nSPS) is 15.5. The van der Waals surface area contributed by atoms with Crippen LogP contribution in [-0.2, 0) is 0 Å². The van der Waals surface area contributed by atoms with Crippen molar-refractivity contribution in [1.82, 2.24) is 0 Å². The summed E-state index contributed by atoms with van der Waals surface area (Å²) < 4.78 is 3.58. The Kier molecular flexibility index (Phi) is 11.7. The van der Waals surface area contributed by atoms with Crippen LogP contribution in [0.25, 0.3) is 0 Å². The molecule has 0 aromatic rings. The van der Waals surface area contributed by atoms with E-state index in [1.54, 1.807) is 0 Å². The van der Waals surface area contributed by atoms with Crippen LogP contribution in [0.3, 0.4) is 0 Å². The predicted octanol–water partition coefficient (Wildman–Crippen LogP) is 9.28. The van der Waals surface area contributed by atoms with Crippen LogP contribution in [0.15, 0.2) is 0 Å². The van der Waals surface area contributed by atoms with Crippen LogP contribution in [0.5, 0.6) is 0 Å². The third-order valence-electron chi connectivity index (χ3n) is 5.82. The Morgan fingerprint density at radius 2 is 0.414 bits per heavy atom. The zero-order chi connectivity index (χ0) is 23.3.